The fraction of sp³-hybridized carbons (Fsp3) is 0.647. The lowest BCUT2D eigenvalue weighted by Gasteiger charge is -2.24. The number of nitrogens with zero attached hydrogens (tertiary/aromatic N) is 3. The molecule has 0 atom stereocenters. The monoisotopic (exact) mass is 316 g/mol. The quantitative estimate of drug-likeness (QED) is 0.788. The third-order valence-corrected chi connectivity index (χ3v) is 4.69. The Labute approximate surface area is 137 Å². The van der Waals surface area contributed by atoms with E-state index in [9.17, 15) is 0 Å². The van der Waals surface area contributed by atoms with Gasteiger partial charge in [0, 0.05) is 24.6 Å². The molecule has 2 aromatic rings. The molecule has 0 aliphatic heterocycles. The van der Waals surface area contributed by atoms with Crippen molar-refractivity contribution < 1.29 is 0 Å². The van der Waals surface area contributed by atoms with Crippen LogP contribution in [0.15, 0.2) is 12.3 Å². The van der Waals surface area contributed by atoms with Crippen LogP contribution < -0.4 is 16.8 Å². The fourth-order valence-electron chi connectivity index (χ4n) is 3.25. The summed E-state index contributed by atoms with van der Waals surface area (Å²) in [6.07, 6.45) is 7.51. The summed E-state index contributed by atoms with van der Waals surface area (Å²) in [7, 11) is 0. The van der Waals surface area contributed by atoms with Gasteiger partial charge in [-0.3, -0.25) is 0 Å². The molecule has 0 amide bonds. The van der Waals surface area contributed by atoms with E-state index in [-0.39, 0.29) is 0 Å². The molecule has 0 aromatic carbocycles. The van der Waals surface area contributed by atoms with Crippen molar-refractivity contribution in [2.45, 2.75) is 57.9 Å². The molecular formula is C17H28N6. The highest BCUT2D eigenvalue weighted by Crippen LogP contribution is 2.32. The minimum atomic E-state index is 0.352. The molecule has 6 heteroatoms. The Balaban J connectivity index is 1.83. The van der Waals surface area contributed by atoms with E-state index in [2.05, 4.69) is 24.3 Å². The lowest BCUT2D eigenvalue weighted by Crippen LogP contribution is -2.25. The van der Waals surface area contributed by atoms with Crippen LogP contribution in [-0.2, 0) is 0 Å². The van der Waals surface area contributed by atoms with E-state index in [0.717, 1.165) is 55.7 Å². The molecule has 2 aromatic heterocycles. The predicted molar refractivity (Wildman–Crippen MR) is 94.5 cm³/mol. The molecule has 1 saturated carbocycles. The van der Waals surface area contributed by atoms with Crippen LogP contribution in [0.5, 0.6) is 0 Å². The van der Waals surface area contributed by atoms with Gasteiger partial charge >= 0.3 is 0 Å². The zero-order valence-electron chi connectivity index (χ0n) is 14.1. The van der Waals surface area contributed by atoms with Crippen molar-refractivity contribution in [2.75, 3.05) is 17.6 Å². The lowest BCUT2D eigenvalue weighted by molar-refractivity contribution is 0.391. The van der Waals surface area contributed by atoms with Gasteiger partial charge in [-0.05, 0) is 38.0 Å². The summed E-state index contributed by atoms with van der Waals surface area (Å²) in [4.78, 5) is 4.84. The maximum absolute atomic E-state index is 6.01. The van der Waals surface area contributed by atoms with Crippen molar-refractivity contribution in [3.63, 3.8) is 0 Å². The normalized spacial score (nSPS) is 21.9. The first kappa shape index (κ1) is 16.1. The second-order valence-electron chi connectivity index (χ2n) is 7.14. The van der Waals surface area contributed by atoms with Gasteiger partial charge in [-0.15, -0.1) is 5.10 Å². The Kier molecular flexibility index (Phi) is 4.71. The molecule has 0 unspecified atom stereocenters. The van der Waals surface area contributed by atoms with Gasteiger partial charge in [0.1, 0.15) is 5.82 Å². The smallest absolute Gasteiger partial charge is 0.177 e. The van der Waals surface area contributed by atoms with Gasteiger partial charge < -0.3 is 16.8 Å². The minimum Gasteiger partial charge on any atom is -0.382 e. The Bertz CT molecular complexity index is 654. The predicted octanol–water partition coefficient (Wildman–Crippen LogP) is 2.75. The summed E-state index contributed by atoms with van der Waals surface area (Å²) in [5.41, 5.74) is 14.9. The molecule has 0 bridgehead atoms. The summed E-state index contributed by atoms with van der Waals surface area (Å²) in [5, 5.41) is 7.84. The molecule has 0 radical (unpaired) electrons. The summed E-state index contributed by atoms with van der Waals surface area (Å²) in [5.74, 6) is 1.67. The molecule has 0 saturated heterocycles. The van der Waals surface area contributed by atoms with Crippen LogP contribution in [0.2, 0.25) is 0 Å². The van der Waals surface area contributed by atoms with Gasteiger partial charge in [0.15, 0.2) is 5.65 Å². The molecular weight excluding hydrogens is 288 g/mol. The van der Waals surface area contributed by atoms with E-state index in [1.165, 1.54) is 0 Å². The van der Waals surface area contributed by atoms with Crippen LogP contribution in [0.3, 0.4) is 0 Å². The maximum Gasteiger partial charge on any atom is 0.177 e. The largest absolute Gasteiger partial charge is 0.382 e. The Hall–Kier alpha value is -1.82. The Morgan fingerprint density at radius 2 is 2.04 bits per heavy atom. The van der Waals surface area contributed by atoms with Gasteiger partial charge in [0.2, 0.25) is 0 Å². The number of hydrogen-bond acceptors (Lipinski definition) is 5. The number of nitrogen functional groups attached to an aromatic ring is 1. The van der Waals surface area contributed by atoms with Crippen molar-refractivity contribution >= 4 is 17.2 Å². The van der Waals surface area contributed by atoms with Crippen molar-refractivity contribution in [3.8, 4) is 0 Å². The highest BCUT2D eigenvalue weighted by atomic mass is 15.3. The number of hydrogen-bond donors (Lipinski definition) is 3. The summed E-state index contributed by atoms with van der Waals surface area (Å²) in [6, 6.07) is 2.23. The average Bonchev–Trinajstić information content (AvgIpc) is 2.91. The third-order valence-electron chi connectivity index (χ3n) is 4.69. The maximum atomic E-state index is 6.01. The summed E-state index contributed by atoms with van der Waals surface area (Å²) < 4.78 is 1.82. The van der Waals surface area contributed by atoms with E-state index in [1.54, 1.807) is 0 Å². The number of nitrogens with one attached hydrogen (secondary N) is 1. The topological polar surface area (TPSA) is 94.3 Å². The number of rotatable bonds is 5. The number of nitrogens with two attached hydrogens (primary N) is 2. The summed E-state index contributed by atoms with van der Waals surface area (Å²) >= 11 is 0. The van der Waals surface area contributed by atoms with Gasteiger partial charge in [0.25, 0.3) is 0 Å². The molecule has 1 aliphatic rings. The van der Waals surface area contributed by atoms with Crippen molar-refractivity contribution in [1.29, 1.82) is 0 Å². The van der Waals surface area contributed by atoms with Crippen molar-refractivity contribution in [2.24, 2.45) is 11.7 Å². The number of fused-ring (bicyclic) bond motifs is 1. The Morgan fingerprint density at radius 3 is 2.74 bits per heavy atom. The fourth-order valence-corrected chi connectivity index (χ4v) is 3.25. The van der Waals surface area contributed by atoms with E-state index in [0.29, 0.717) is 23.7 Å². The highest BCUT2D eigenvalue weighted by Gasteiger charge is 2.23. The van der Waals surface area contributed by atoms with Gasteiger partial charge in [-0.1, -0.05) is 13.8 Å². The standard InChI is InChI=1S/C17H28N6/c1-11(2)7-8-20-14-9-16(19)22-23-10-15(21-17(14)23)12-3-5-13(18)6-4-12/h9-13,20H,3-8,18H2,1-2H3,(H2,19,22). The van der Waals surface area contributed by atoms with Crippen LogP contribution in [0, 0.1) is 5.92 Å². The van der Waals surface area contributed by atoms with E-state index < -0.39 is 0 Å². The molecule has 5 N–H and O–H groups in total. The third kappa shape index (κ3) is 3.75. The summed E-state index contributed by atoms with van der Waals surface area (Å²) in [6.45, 7) is 5.36. The van der Waals surface area contributed by atoms with Gasteiger partial charge in [-0.25, -0.2) is 9.50 Å². The van der Waals surface area contributed by atoms with Crippen LogP contribution >= 0.6 is 0 Å². The van der Waals surface area contributed by atoms with Gasteiger partial charge in [-0.2, -0.15) is 0 Å². The first-order valence-corrected chi connectivity index (χ1v) is 8.68. The molecule has 126 valence electrons. The molecule has 0 spiro atoms. The zero-order chi connectivity index (χ0) is 16.4. The molecule has 2 heterocycles. The number of anilines is 2. The van der Waals surface area contributed by atoms with Crippen molar-refractivity contribution in [3.05, 3.63) is 18.0 Å². The highest BCUT2D eigenvalue weighted by molar-refractivity contribution is 5.70. The lowest BCUT2D eigenvalue weighted by atomic mass is 9.85. The van der Waals surface area contributed by atoms with E-state index in [4.69, 9.17) is 16.5 Å². The zero-order valence-corrected chi connectivity index (χ0v) is 14.1. The second kappa shape index (κ2) is 6.74. The molecule has 1 aliphatic carbocycles. The average molecular weight is 316 g/mol. The van der Waals surface area contributed by atoms with E-state index >= 15 is 0 Å². The number of imidazole rings is 1. The molecule has 23 heavy (non-hydrogen) atoms. The van der Waals surface area contributed by atoms with Crippen LogP contribution in [-0.4, -0.2) is 27.2 Å². The number of aromatic nitrogens is 3. The molecule has 6 nitrogen and oxygen atoms in total. The van der Waals surface area contributed by atoms with Crippen LogP contribution in [0.4, 0.5) is 11.5 Å². The van der Waals surface area contributed by atoms with Crippen LogP contribution in [0.1, 0.15) is 57.6 Å². The second-order valence-corrected chi connectivity index (χ2v) is 7.14. The first-order chi connectivity index (χ1) is 11.0. The van der Waals surface area contributed by atoms with E-state index in [1.807, 2.05) is 16.8 Å². The molecule has 3 rings (SSSR count). The van der Waals surface area contributed by atoms with Crippen molar-refractivity contribution in [1.82, 2.24) is 14.6 Å². The minimum absolute atomic E-state index is 0.352. The molecule has 1 fully saturated rings. The SMILES string of the molecule is CC(C)CCNc1cc(N)nn2cc(C3CCC(N)CC3)nc12. The van der Waals surface area contributed by atoms with Crippen LogP contribution in [0.25, 0.3) is 5.65 Å². The Morgan fingerprint density at radius 1 is 1.30 bits per heavy atom. The van der Waals surface area contributed by atoms with Gasteiger partial charge in [0.05, 0.1) is 17.6 Å². The first-order valence-electron chi connectivity index (χ1n) is 8.68.